The van der Waals surface area contributed by atoms with Crippen LogP contribution >= 0.6 is 11.3 Å². The second-order valence-corrected chi connectivity index (χ2v) is 7.54. The van der Waals surface area contributed by atoms with Crippen molar-refractivity contribution in [2.45, 2.75) is 12.8 Å². The molecular weight excluding hydrogens is 374 g/mol. The predicted molar refractivity (Wildman–Crippen MR) is 111 cm³/mol. The first-order valence-electron chi connectivity index (χ1n) is 8.89. The lowest BCUT2D eigenvalue weighted by Gasteiger charge is -2.18. The summed E-state index contributed by atoms with van der Waals surface area (Å²) in [6, 6.07) is 11.0. The van der Waals surface area contributed by atoms with Gasteiger partial charge in [0.2, 0.25) is 5.91 Å². The molecule has 142 valence electrons. The van der Waals surface area contributed by atoms with Crippen LogP contribution in [0.5, 0.6) is 0 Å². The molecule has 0 atom stereocenters. The summed E-state index contributed by atoms with van der Waals surface area (Å²) in [5.41, 5.74) is 2.21. The molecule has 2 aromatic heterocycles. The van der Waals surface area contributed by atoms with E-state index >= 15 is 0 Å². The number of amides is 2. The van der Waals surface area contributed by atoms with Crippen LogP contribution in [0, 0.1) is 5.92 Å². The number of hydrogen-bond donors (Lipinski definition) is 2. The van der Waals surface area contributed by atoms with E-state index in [4.69, 9.17) is 0 Å². The molecule has 0 aliphatic heterocycles. The summed E-state index contributed by atoms with van der Waals surface area (Å²) < 4.78 is 0. The maximum Gasteiger partial charge on any atom is 0.255 e. The topological polar surface area (TPSA) is 87.2 Å². The van der Waals surface area contributed by atoms with Gasteiger partial charge in [0.05, 0.1) is 0 Å². The Balaban J connectivity index is 1.53. The van der Waals surface area contributed by atoms with Crippen LogP contribution in [-0.4, -0.2) is 28.8 Å². The van der Waals surface area contributed by atoms with Crippen molar-refractivity contribution in [2.24, 2.45) is 5.92 Å². The zero-order valence-corrected chi connectivity index (χ0v) is 16.1. The molecule has 1 fully saturated rings. The molecule has 8 heteroatoms. The van der Waals surface area contributed by atoms with Crippen molar-refractivity contribution in [1.29, 1.82) is 0 Å². The number of pyridine rings is 1. The molecule has 1 aliphatic rings. The van der Waals surface area contributed by atoms with E-state index in [1.165, 1.54) is 17.5 Å². The normalized spacial score (nSPS) is 13.2. The highest BCUT2D eigenvalue weighted by molar-refractivity contribution is 7.22. The third-order valence-corrected chi connectivity index (χ3v) is 5.39. The minimum Gasteiger partial charge on any atom is -0.329 e. The van der Waals surface area contributed by atoms with E-state index in [-0.39, 0.29) is 17.7 Å². The third kappa shape index (κ3) is 3.72. The number of benzene rings is 1. The van der Waals surface area contributed by atoms with Gasteiger partial charge in [0.25, 0.3) is 5.91 Å². The summed E-state index contributed by atoms with van der Waals surface area (Å²) in [5.74, 6) is 0.726. The molecule has 0 bridgehead atoms. The average molecular weight is 393 g/mol. The standard InChI is InChI=1S/C20H19N5O2S/c1-3-21-17(26)12-6-8-14(9-7-12)25(2)16-11-10-15-19(23-16)28-20(22-15)24-18(27)13-4-5-13/h3,6-11,13H,1,4-5H2,2H3,(H,21,26)(H,22,24,27). The molecule has 0 unspecified atom stereocenters. The number of carbonyl (C=O) groups excluding carboxylic acids is 2. The highest BCUT2D eigenvalue weighted by Crippen LogP contribution is 2.33. The van der Waals surface area contributed by atoms with Crippen molar-refractivity contribution in [1.82, 2.24) is 15.3 Å². The number of hydrogen-bond acceptors (Lipinski definition) is 6. The number of anilines is 3. The Labute approximate surface area is 166 Å². The number of carbonyl (C=O) groups is 2. The number of rotatable bonds is 6. The van der Waals surface area contributed by atoms with Crippen molar-refractivity contribution in [3.8, 4) is 0 Å². The molecule has 7 nitrogen and oxygen atoms in total. The van der Waals surface area contributed by atoms with Crippen molar-refractivity contribution < 1.29 is 9.59 Å². The Morgan fingerprint density at radius 3 is 2.61 bits per heavy atom. The molecule has 4 rings (SSSR count). The fraction of sp³-hybridized carbons (Fsp3) is 0.200. The zero-order chi connectivity index (χ0) is 19.7. The number of nitrogens with zero attached hydrogens (tertiary/aromatic N) is 3. The second-order valence-electron chi connectivity index (χ2n) is 6.56. The first-order chi connectivity index (χ1) is 13.5. The van der Waals surface area contributed by atoms with E-state index in [9.17, 15) is 9.59 Å². The van der Waals surface area contributed by atoms with Crippen LogP contribution < -0.4 is 15.5 Å². The predicted octanol–water partition coefficient (Wildman–Crippen LogP) is 3.68. The lowest BCUT2D eigenvalue weighted by molar-refractivity contribution is -0.117. The van der Waals surface area contributed by atoms with E-state index < -0.39 is 0 Å². The van der Waals surface area contributed by atoms with Gasteiger partial charge in [-0.2, -0.15) is 0 Å². The van der Waals surface area contributed by atoms with Crippen LogP contribution in [0.2, 0.25) is 0 Å². The molecule has 1 aliphatic carbocycles. The fourth-order valence-electron chi connectivity index (χ4n) is 2.75. The summed E-state index contributed by atoms with van der Waals surface area (Å²) in [6.07, 6.45) is 3.27. The zero-order valence-electron chi connectivity index (χ0n) is 15.3. The van der Waals surface area contributed by atoms with Gasteiger partial charge in [-0.25, -0.2) is 9.97 Å². The average Bonchev–Trinajstić information content (AvgIpc) is 3.48. The van der Waals surface area contributed by atoms with Gasteiger partial charge >= 0.3 is 0 Å². The minimum absolute atomic E-state index is 0.0389. The number of aromatic nitrogens is 2. The highest BCUT2D eigenvalue weighted by atomic mass is 32.1. The molecule has 28 heavy (non-hydrogen) atoms. The van der Waals surface area contributed by atoms with Gasteiger partial charge in [0.15, 0.2) is 5.13 Å². The van der Waals surface area contributed by atoms with Crippen LogP contribution in [0.15, 0.2) is 49.2 Å². The first kappa shape index (κ1) is 18.1. The molecule has 1 aromatic carbocycles. The van der Waals surface area contributed by atoms with Gasteiger partial charge in [0, 0.05) is 24.2 Å². The van der Waals surface area contributed by atoms with Crippen LogP contribution in [0.4, 0.5) is 16.6 Å². The number of nitrogens with one attached hydrogen (secondary N) is 2. The lowest BCUT2D eigenvalue weighted by Crippen LogP contribution is -2.17. The van der Waals surface area contributed by atoms with Gasteiger partial charge in [-0.1, -0.05) is 17.9 Å². The van der Waals surface area contributed by atoms with Gasteiger partial charge < -0.3 is 15.5 Å². The van der Waals surface area contributed by atoms with Crippen molar-refractivity contribution in [2.75, 3.05) is 17.3 Å². The van der Waals surface area contributed by atoms with E-state index in [0.29, 0.717) is 10.7 Å². The van der Waals surface area contributed by atoms with Crippen molar-refractivity contribution in [3.05, 3.63) is 54.7 Å². The Bertz CT molecular complexity index is 1060. The Morgan fingerprint density at radius 1 is 1.18 bits per heavy atom. The highest BCUT2D eigenvalue weighted by Gasteiger charge is 2.30. The molecule has 2 N–H and O–H groups in total. The molecule has 0 spiro atoms. The molecule has 3 aromatic rings. The third-order valence-electron chi connectivity index (χ3n) is 4.51. The second kappa shape index (κ2) is 7.40. The number of fused-ring (bicyclic) bond motifs is 1. The van der Waals surface area contributed by atoms with E-state index in [1.54, 1.807) is 12.1 Å². The van der Waals surface area contributed by atoms with E-state index in [1.807, 2.05) is 36.2 Å². The summed E-state index contributed by atoms with van der Waals surface area (Å²) >= 11 is 1.37. The SMILES string of the molecule is C=CNC(=O)c1ccc(N(C)c2ccc3nc(NC(=O)C4CC4)sc3n2)cc1. The maximum atomic E-state index is 11.9. The Hall–Kier alpha value is -3.26. The van der Waals surface area contributed by atoms with Crippen LogP contribution in [0.25, 0.3) is 10.3 Å². The Kier molecular flexibility index (Phi) is 4.79. The maximum absolute atomic E-state index is 11.9. The summed E-state index contributed by atoms with van der Waals surface area (Å²) in [7, 11) is 1.91. The van der Waals surface area contributed by atoms with Gasteiger partial charge in [0.1, 0.15) is 16.2 Å². The summed E-state index contributed by atoms with van der Waals surface area (Å²) in [4.78, 5) is 35.5. The van der Waals surface area contributed by atoms with Gasteiger partial charge in [-0.3, -0.25) is 9.59 Å². The summed E-state index contributed by atoms with van der Waals surface area (Å²) in [5, 5.41) is 6.00. The molecular formula is C20H19N5O2S. The van der Waals surface area contributed by atoms with E-state index in [0.717, 1.165) is 34.7 Å². The van der Waals surface area contributed by atoms with E-state index in [2.05, 4.69) is 27.2 Å². The quantitative estimate of drug-likeness (QED) is 0.667. The monoisotopic (exact) mass is 393 g/mol. The largest absolute Gasteiger partial charge is 0.329 e. The molecule has 1 saturated carbocycles. The lowest BCUT2D eigenvalue weighted by atomic mass is 10.2. The van der Waals surface area contributed by atoms with Crippen LogP contribution in [-0.2, 0) is 4.79 Å². The molecule has 2 amide bonds. The van der Waals surface area contributed by atoms with Gasteiger partial charge in [-0.05, 0) is 55.4 Å². The molecule has 0 saturated heterocycles. The van der Waals surface area contributed by atoms with Crippen molar-refractivity contribution in [3.63, 3.8) is 0 Å². The van der Waals surface area contributed by atoms with Crippen molar-refractivity contribution >= 4 is 50.1 Å². The van der Waals surface area contributed by atoms with Crippen LogP contribution in [0.3, 0.4) is 0 Å². The molecule has 0 radical (unpaired) electrons. The molecule has 2 heterocycles. The Morgan fingerprint density at radius 2 is 1.93 bits per heavy atom. The first-order valence-corrected chi connectivity index (χ1v) is 9.71. The number of thiazole rings is 1. The summed E-state index contributed by atoms with van der Waals surface area (Å²) in [6.45, 7) is 3.49. The van der Waals surface area contributed by atoms with Gasteiger partial charge in [-0.15, -0.1) is 0 Å². The minimum atomic E-state index is -0.200. The van der Waals surface area contributed by atoms with Crippen LogP contribution in [0.1, 0.15) is 23.2 Å². The fourth-order valence-corrected chi connectivity index (χ4v) is 3.58. The smallest absolute Gasteiger partial charge is 0.255 e.